The minimum Gasteiger partial charge on any atom is -0.365 e. The molecule has 3 aromatic rings. The number of aromatic amines is 1. The van der Waals surface area contributed by atoms with Gasteiger partial charge in [-0.05, 0) is 39.8 Å². The molecule has 0 amide bonds. The second-order valence-electron chi connectivity index (χ2n) is 5.99. The molecule has 20 heavy (non-hydrogen) atoms. The number of nitrogens with one attached hydrogen (secondary N) is 2. The van der Waals surface area contributed by atoms with Gasteiger partial charge in [-0.15, -0.1) is 0 Å². The lowest BCUT2D eigenvalue weighted by atomic mass is 10.1. The van der Waals surface area contributed by atoms with Gasteiger partial charge in [0, 0.05) is 17.4 Å². The molecule has 3 heterocycles. The van der Waals surface area contributed by atoms with Crippen LogP contribution in [-0.2, 0) is 0 Å². The standard InChI is InChI=1S/C15H19N5/c1-10-12(17-9-16-10)13-14(19-15(2,3)4)20-8-6-5-7-11(20)18-13/h5-9,19H,1-4H3,(H,16,17). The van der Waals surface area contributed by atoms with Crippen LogP contribution in [0.3, 0.4) is 0 Å². The van der Waals surface area contributed by atoms with Crippen molar-refractivity contribution in [3.05, 3.63) is 36.4 Å². The number of hydrogen-bond donors (Lipinski definition) is 2. The van der Waals surface area contributed by atoms with Crippen molar-refractivity contribution in [1.82, 2.24) is 19.4 Å². The number of imidazole rings is 2. The van der Waals surface area contributed by atoms with Crippen LogP contribution >= 0.6 is 0 Å². The molecule has 0 radical (unpaired) electrons. The summed E-state index contributed by atoms with van der Waals surface area (Å²) in [5.41, 5.74) is 3.65. The lowest BCUT2D eigenvalue weighted by Crippen LogP contribution is -2.27. The van der Waals surface area contributed by atoms with Gasteiger partial charge in [-0.1, -0.05) is 6.07 Å². The second-order valence-corrected chi connectivity index (χ2v) is 5.99. The first-order valence-electron chi connectivity index (χ1n) is 6.71. The number of fused-ring (bicyclic) bond motifs is 1. The molecule has 104 valence electrons. The second kappa shape index (κ2) is 4.37. The van der Waals surface area contributed by atoms with Crippen LogP contribution in [0.1, 0.15) is 26.5 Å². The summed E-state index contributed by atoms with van der Waals surface area (Å²) in [5.74, 6) is 0.975. The van der Waals surface area contributed by atoms with E-state index in [0.717, 1.165) is 28.5 Å². The van der Waals surface area contributed by atoms with E-state index >= 15 is 0 Å². The number of pyridine rings is 1. The van der Waals surface area contributed by atoms with Gasteiger partial charge < -0.3 is 10.3 Å². The number of aryl methyl sites for hydroxylation is 1. The lowest BCUT2D eigenvalue weighted by molar-refractivity contribution is 0.629. The van der Waals surface area contributed by atoms with Crippen LogP contribution < -0.4 is 5.32 Å². The van der Waals surface area contributed by atoms with Gasteiger partial charge in [-0.25, -0.2) is 9.97 Å². The maximum absolute atomic E-state index is 4.72. The lowest BCUT2D eigenvalue weighted by Gasteiger charge is -2.22. The third-order valence-electron chi connectivity index (χ3n) is 3.08. The summed E-state index contributed by atoms with van der Waals surface area (Å²) in [6.45, 7) is 8.41. The van der Waals surface area contributed by atoms with Crippen LogP contribution in [-0.4, -0.2) is 24.9 Å². The molecule has 0 spiro atoms. The van der Waals surface area contributed by atoms with Gasteiger partial charge in [-0.2, -0.15) is 0 Å². The van der Waals surface area contributed by atoms with Crippen molar-refractivity contribution < 1.29 is 0 Å². The van der Waals surface area contributed by atoms with Crippen LogP contribution in [0.25, 0.3) is 17.0 Å². The van der Waals surface area contributed by atoms with Crippen molar-refractivity contribution in [1.29, 1.82) is 0 Å². The first-order valence-corrected chi connectivity index (χ1v) is 6.71. The molecule has 3 aromatic heterocycles. The topological polar surface area (TPSA) is 58.0 Å². The summed E-state index contributed by atoms with van der Waals surface area (Å²) in [4.78, 5) is 12.2. The van der Waals surface area contributed by atoms with Crippen molar-refractivity contribution in [3.63, 3.8) is 0 Å². The summed E-state index contributed by atoms with van der Waals surface area (Å²) < 4.78 is 2.06. The molecule has 0 fully saturated rings. The molecule has 0 atom stereocenters. The van der Waals surface area contributed by atoms with Gasteiger partial charge in [0.15, 0.2) is 0 Å². The predicted octanol–water partition coefficient (Wildman–Crippen LogP) is 3.24. The van der Waals surface area contributed by atoms with E-state index in [1.807, 2.05) is 31.3 Å². The Morgan fingerprint density at radius 3 is 2.65 bits per heavy atom. The Bertz CT molecular complexity index is 745. The first-order chi connectivity index (χ1) is 9.46. The van der Waals surface area contributed by atoms with Gasteiger partial charge in [0.25, 0.3) is 0 Å². The van der Waals surface area contributed by atoms with Crippen LogP contribution in [0.2, 0.25) is 0 Å². The molecule has 0 saturated carbocycles. The highest BCUT2D eigenvalue weighted by molar-refractivity contribution is 5.75. The minimum atomic E-state index is -0.0508. The van der Waals surface area contributed by atoms with Gasteiger partial charge >= 0.3 is 0 Å². The molecule has 3 rings (SSSR count). The summed E-state index contributed by atoms with van der Waals surface area (Å²) in [5, 5.41) is 3.53. The number of aromatic nitrogens is 4. The van der Waals surface area contributed by atoms with Crippen LogP contribution in [0.5, 0.6) is 0 Å². The molecule has 2 N–H and O–H groups in total. The van der Waals surface area contributed by atoms with E-state index in [1.165, 1.54) is 0 Å². The van der Waals surface area contributed by atoms with Crippen molar-refractivity contribution in [3.8, 4) is 11.4 Å². The fourth-order valence-corrected chi connectivity index (χ4v) is 2.23. The van der Waals surface area contributed by atoms with Crippen molar-refractivity contribution in [2.75, 3.05) is 5.32 Å². The number of H-pyrrole nitrogens is 1. The zero-order valence-electron chi connectivity index (χ0n) is 12.2. The highest BCUT2D eigenvalue weighted by Gasteiger charge is 2.21. The molecule has 0 aliphatic carbocycles. The Hall–Kier alpha value is -2.30. The van der Waals surface area contributed by atoms with Crippen molar-refractivity contribution >= 4 is 11.5 Å². The van der Waals surface area contributed by atoms with E-state index in [4.69, 9.17) is 4.98 Å². The minimum absolute atomic E-state index is 0.0508. The van der Waals surface area contributed by atoms with E-state index < -0.39 is 0 Å². The van der Waals surface area contributed by atoms with E-state index in [2.05, 4.69) is 40.5 Å². The molecule has 0 bridgehead atoms. The van der Waals surface area contributed by atoms with Crippen molar-refractivity contribution in [2.45, 2.75) is 33.2 Å². The van der Waals surface area contributed by atoms with Crippen LogP contribution in [0, 0.1) is 6.92 Å². The Labute approximate surface area is 118 Å². The number of anilines is 1. The van der Waals surface area contributed by atoms with E-state index in [0.29, 0.717) is 0 Å². The third kappa shape index (κ3) is 2.15. The highest BCUT2D eigenvalue weighted by Crippen LogP contribution is 2.30. The fourth-order valence-electron chi connectivity index (χ4n) is 2.23. The quantitative estimate of drug-likeness (QED) is 0.751. The molecule has 0 aromatic carbocycles. The maximum Gasteiger partial charge on any atom is 0.140 e. The summed E-state index contributed by atoms with van der Waals surface area (Å²) >= 11 is 0. The zero-order valence-corrected chi connectivity index (χ0v) is 12.2. The Morgan fingerprint density at radius 1 is 1.20 bits per heavy atom. The molecule has 5 nitrogen and oxygen atoms in total. The van der Waals surface area contributed by atoms with Crippen molar-refractivity contribution in [2.24, 2.45) is 0 Å². The number of rotatable bonds is 2. The SMILES string of the molecule is Cc1[nH]cnc1-c1nc2ccccn2c1NC(C)(C)C. The average molecular weight is 269 g/mol. The molecule has 0 aliphatic rings. The zero-order chi connectivity index (χ0) is 14.3. The first kappa shape index (κ1) is 12.7. The smallest absolute Gasteiger partial charge is 0.140 e. The van der Waals surface area contributed by atoms with Gasteiger partial charge in [0.05, 0.1) is 6.33 Å². The molecule has 5 heteroatoms. The van der Waals surface area contributed by atoms with E-state index in [9.17, 15) is 0 Å². The van der Waals surface area contributed by atoms with Gasteiger partial charge in [0.1, 0.15) is 22.9 Å². The summed E-state index contributed by atoms with van der Waals surface area (Å²) in [6, 6.07) is 5.99. The summed E-state index contributed by atoms with van der Waals surface area (Å²) in [7, 11) is 0. The number of nitrogens with zero attached hydrogens (tertiary/aromatic N) is 3. The monoisotopic (exact) mass is 269 g/mol. The molecular formula is C15H19N5. The Kier molecular flexibility index (Phi) is 2.78. The Balaban J connectivity index is 2.25. The third-order valence-corrected chi connectivity index (χ3v) is 3.08. The average Bonchev–Trinajstić information content (AvgIpc) is 2.92. The molecular weight excluding hydrogens is 250 g/mol. The van der Waals surface area contributed by atoms with Gasteiger partial charge in [0.2, 0.25) is 0 Å². The number of hydrogen-bond acceptors (Lipinski definition) is 3. The van der Waals surface area contributed by atoms with E-state index in [-0.39, 0.29) is 5.54 Å². The highest BCUT2D eigenvalue weighted by atomic mass is 15.2. The predicted molar refractivity (Wildman–Crippen MR) is 80.9 cm³/mol. The van der Waals surface area contributed by atoms with E-state index in [1.54, 1.807) is 6.33 Å². The maximum atomic E-state index is 4.72. The summed E-state index contributed by atoms with van der Waals surface area (Å²) in [6.07, 6.45) is 3.72. The largest absolute Gasteiger partial charge is 0.365 e. The molecule has 0 unspecified atom stereocenters. The Morgan fingerprint density at radius 2 is 2.00 bits per heavy atom. The van der Waals surface area contributed by atoms with Gasteiger partial charge in [-0.3, -0.25) is 4.40 Å². The molecule has 0 aliphatic heterocycles. The van der Waals surface area contributed by atoms with Crippen LogP contribution in [0.15, 0.2) is 30.7 Å². The fraction of sp³-hybridized carbons (Fsp3) is 0.333. The normalized spacial score (nSPS) is 12.0. The van der Waals surface area contributed by atoms with Crippen LogP contribution in [0.4, 0.5) is 5.82 Å². The molecule has 0 saturated heterocycles.